The van der Waals surface area contributed by atoms with E-state index in [4.69, 9.17) is 19.2 Å². The van der Waals surface area contributed by atoms with Crippen molar-refractivity contribution >= 4 is 29.1 Å². The van der Waals surface area contributed by atoms with E-state index in [1.54, 1.807) is 0 Å². The molecule has 7 rings (SSSR count). The van der Waals surface area contributed by atoms with Crippen molar-refractivity contribution in [2.45, 2.75) is 96.8 Å². The van der Waals surface area contributed by atoms with E-state index in [2.05, 4.69) is 81.8 Å². The predicted molar refractivity (Wildman–Crippen MR) is 215 cm³/mol. The number of H-pyrrole nitrogens is 2. The van der Waals surface area contributed by atoms with Crippen LogP contribution in [-0.4, -0.2) is 95.6 Å². The van der Waals surface area contributed by atoms with Gasteiger partial charge in [-0.2, -0.15) is 0 Å². The van der Waals surface area contributed by atoms with Crippen LogP contribution in [0.2, 0.25) is 0 Å². The Labute approximate surface area is 329 Å². The van der Waals surface area contributed by atoms with Crippen molar-refractivity contribution in [1.29, 1.82) is 0 Å². The Balaban J connectivity index is 1.05. The summed E-state index contributed by atoms with van der Waals surface area (Å²) in [7, 11) is 2.69. The number of fused-ring (bicyclic) bond motifs is 2. The number of rotatable bonds is 13. The monoisotopic (exact) mass is 767 g/mol. The van der Waals surface area contributed by atoms with Gasteiger partial charge in [0, 0.05) is 24.5 Å². The van der Waals surface area contributed by atoms with Gasteiger partial charge in [0.25, 0.3) is 0 Å². The summed E-state index contributed by atoms with van der Waals surface area (Å²) in [6, 6.07) is 14.5. The molecule has 3 amide bonds. The zero-order valence-electron chi connectivity index (χ0n) is 33.6. The number of hydrogen-bond acceptors (Lipinski definition) is 8. The SMILES string of the molecule is COC(=O)N[C@H](C(=O)N1CCC[C@H]1c1[nH]c(-c2ccc(-c3ccc4nc([C@@H]5CCCN5COC[C@@H](NC(=O)OC)C(C)C)[nH]c4c3)cc2)c2c1CCC2)C(C)C. The Kier molecular flexibility index (Phi) is 12.0. The normalized spacial score (nSPS) is 19.5. The van der Waals surface area contributed by atoms with Crippen LogP contribution < -0.4 is 10.6 Å². The van der Waals surface area contributed by atoms with Crippen LogP contribution in [0.3, 0.4) is 0 Å². The van der Waals surface area contributed by atoms with Crippen LogP contribution in [0.5, 0.6) is 0 Å². The van der Waals surface area contributed by atoms with Crippen LogP contribution in [0, 0.1) is 11.8 Å². The fraction of sp³-hybridized carbons (Fsp3) is 0.535. The van der Waals surface area contributed by atoms with E-state index in [0.29, 0.717) is 19.9 Å². The van der Waals surface area contributed by atoms with Crippen LogP contribution in [0.15, 0.2) is 42.5 Å². The molecule has 0 radical (unpaired) electrons. The van der Waals surface area contributed by atoms with E-state index in [9.17, 15) is 14.4 Å². The van der Waals surface area contributed by atoms with Gasteiger partial charge in [0.15, 0.2) is 0 Å². The number of alkyl carbamates (subject to hydrolysis) is 2. The van der Waals surface area contributed by atoms with Crippen LogP contribution in [0.25, 0.3) is 33.4 Å². The van der Waals surface area contributed by atoms with Crippen molar-refractivity contribution in [3.05, 3.63) is 65.1 Å². The molecule has 4 atom stereocenters. The quantitative estimate of drug-likeness (QED) is 0.111. The molecule has 13 nitrogen and oxygen atoms in total. The lowest BCUT2D eigenvalue weighted by Crippen LogP contribution is -2.51. The zero-order chi connectivity index (χ0) is 39.5. The van der Waals surface area contributed by atoms with Crippen LogP contribution in [0.1, 0.15) is 94.5 Å². The zero-order valence-corrected chi connectivity index (χ0v) is 33.6. The second-order valence-electron chi connectivity index (χ2n) is 16.2. The van der Waals surface area contributed by atoms with Gasteiger partial charge in [0.2, 0.25) is 5.91 Å². The number of nitrogens with zero attached hydrogens (tertiary/aromatic N) is 3. The van der Waals surface area contributed by atoms with Crippen molar-refractivity contribution < 1.29 is 28.6 Å². The average molecular weight is 768 g/mol. The highest BCUT2D eigenvalue weighted by Gasteiger charge is 2.39. The molecule has 4 N–H and O–H groups in total. The third-order valence-electron chi connectivity index (χ3n) is 11.9. The molecule has 3 aliphatic rings. The molecule has 2 aromatic heterocycles. The summed E-state index contributed by atoms with van der Waals surface area (Å²) in [4.78, 5) is 54.4. The number of benzene rings is 2. The largest absolute Gasteiger partial charge is 0.453 e. The molecular formula is C43H57N7O6. The standard InChI is InChI=1S/C43H57N7O6/c1-25(2)34(46-42(52)54-5)23-56-24-49-20-8-13-36(49)40-44-32-19-18-29(22-33(32)45-40)27-14-16-28(17-15-27)38-30-10-7-11-31(30)39(47-38)35-12-9-21-50(35)41(51)37(26(3)4)48-43(53)55-6/h14-19,22,25-26,34-37,47H,7-13,20-21,23-24H2,1-6H3,(H,44,45)(H,46,52)(H,48,53)/t34-,35+,36+,37+/m1/s1. The van der Waals surface area contributed by atoms with Crippen molar-refractivity contribution in [2.75, 3.05) is 40.6 Å². The van der Waals surface area contributed by atoms with Gasteiger partial charge >= 0.3 is 12.2 Å². The molecule has 2 aliphatic heterocycles. The lowest BCUT2D eigenvalue weighted by molar-refractivity contribution is -0.135. The predicted octanol–water partition coefficient (Wildman–Crippen LogP) is 7.25. The van der Waals surface area contributed by atoms with E-state index in [0.717, 1.165) is 96.4 Å². The molecule has 0 bridgehead atoms. The molecule has 4 heterocycles. The summed E-state index contributed by atoms with van der Waals surface area (Å²) >= 11 is 0. The van der Waals surface area contributed by atoms with E-state index in [-0.39, 0.29) is 35.9 Å². The molecule has 4 aromatic rings. The fourth-order valence-electron chi connectivity index (χ4n) is 8.74. The van der Waals surface area contributed by atoms with Crippen molar-refractivity contribution in [2.24, 2.45) is 11.8 Å². The topological polar surface area (TPSA) is 154 Å². The first-order chi connectivity index (χ1) is 27.1. The highest BCUT2D eigenvalue weighted by atomic mass is 16.5. The second kappa shape index (κ2) is 17.1. The van der Waals surface area contributed by atoms with Gasteiger partial charge in [-0.1, -0.05) is 58.0 Å². The molecule has 300 valence electrons. The van der Waals surface area contributed by atoms with Crippen molar-refractivity contribution in [3.63, 3.8) is 0 Å². The van der Waals surface area contributed by atoms with Crippen molar-refractivity contribution in [1.82, 2.24) is 35.4 Å². The number of ether oxygens (including phenoxy) is 3. The van der Waals surface area contributed by atoms with E-state index < -0.39 is 18.2 Å². The molecular weight excluding hydrogens is 711 g/mol. The summed E-state index contributed by atoms with van der Waals surface area (Å²) in [5.41, 5.74) is 10.3. The van der Waals surface area contributed by atoms with E-state index >= 15 is 0 Å². The van der Waals surface area contributed by atoms with E-state index in [1.165, 1.54) is 25.3 Å². The van der Waals surface area contributed by atoms with Gasteiger partial charge in [-0.25, -0.2) is 14.6 Å². The number of carbonyl (C=O) groups excluding carboxylic acids is 3. The van der Waals surface area contributed by atoms with E-state index in [1.807, 2.05) is 18.7 Å². The summed E-state index contributed by atoms with van der Waals surface area (Å²) in [6.45, 7) is 10.5. The Morgan fingerprint density at radius 3 is 2.21 bits per heavy atom. The van der Waals surface area contributed by atoms with Crippen molar-refractivity contribution in [3.8, 4) is 22.4 Å². The number of methoxy groups -OCH3 is 2. The van der Waals surface area contributed by atoms with Crippen LogP contribution in [-0.2, 0) is 31.8 Å². The summed E-state index contributed by atoms with van der Waals surface area (Å²) in [5.74, 6) is 1.02. The van der Waals surface area contributed by atoms with Gasteiger partial charge in [-0.15, -0.1) is 0 Å². The number of amides is 3. The number of aromatic nitrogens is 3. The maximum absolute atomic E-state index is 13.9. The minimum Gasteiger partial charge on any atom is -0.453 e. The highest BCUT2D eigenvalue weighted by Crippen LogP contribution is 2.42. The van der Waals surface area contributed by atoms with Gasteiger partial charge in [0.1, 0.15) is 11.9 Å². The number of aromatic amines is 2. The molecule has 2 saturated heterocycles. The smallest absolute Gasteiger partial charge is 0.407 e. The lowest BCUT2D eigenvalue weighted by Gasteiger charge is -2.31. The number of likely N-dealkylation sites (tertiary alicyclic amines) is 2. The Hall–Kier alpha value is -4.88. The number of imidazole rings is 1. The molecule has 56 heavy (non-hydrogen) atoms. The Bertz CT molecular complexity index is 2020. The van der Waals surface area contributed by atoms with Gasteiger partial charge in [-0.05, 0) is 96.7 Å². The summed E-state index contributed by atoms with van der Waals surface area (Å²) < 4.78 is 15.7. The molecule has 0 saturated carbocycles. The maximum Gasteiger partial charge on any atom is 0.407 e. The molecule has 0 spiro atoms. The molecule has 13 heteroatoms. The average Bonchev–Trinajstić information content (AvgIpc) is 4.04. The fourth-order valence-corrected chi connectivity index (χ4v) is 8.74. The molecule has 0 unspecified atom stereocenters. The summed E-state index contributed by atoms with van der Waals surface area (Å²) in [6.07, 6.45) is 5.94. The first-order valence-electron chi connectivity index (χ1n) is 20.2. The Morgan fingerprint density at radius 2 is 1.48 bits per heavy atom. The molecule has 2 aromatic carbocycles. The van der Waals surface area contributed by atoms with Crippen LogP contribution in [0.4, 0.5) is 9.59 Å². The van der Waals surface area contributed by atoms with Gasteiger partial charge < -0.3 is 39.7 Å². The first-order valence-corrected chi connectivity index (χ1v) is 20.2. The lowest BCUT2D eigenvalue weighted by atomic mass is 9.99. The Morgan fingerprint density at radius 1 is 0.804 bits per heavy atom. The number of carbonyl (C=O) groups is 3. The third-order valence-corrected chi connectivity index (χ3v) is 11.9. The first kappa shape index (κ1) is 39.4. The summed E-state index contributed by atoms with van der Waals surface area (Å²) in [5, 5.41) is 5.64. The number of nitrogens with one attached hydrogen (secondary N) is 4. The molecule has 2 fully saturated rings. The number of hydrogen-bond donors (Lipinski definition) is 4. The highest BCUT2D eigenvalue weighted by molar-refractivity contribution is 5.87. The maximum atomic E-state index is 13.9. The minimum atomic E-state index is -0.644. The molecule has 1 aliphatic carbocycles. The third kappa shape index (κ3) is 8.15. The van der Waals surface area contributed by atoms with Gasteiger partial charge in [-0.3, -0.25) is 9.69 Å². The van der Waals surface area contributed by atoms with Gasteiger partial charge in [0.05, 0.1) is 56.7 Å². The second-order valence-corrected chi connectivity index (χ2v) is 16.2. The van der Waals surface area contributed by atoms with Crippen LogP contribution >= 0.6 is 0 Å². The minimum absolute atomic E-state index is 0.0505.